The summed E-state index contributed by atoms with van der Waals surface area (Å²) < 4.78 is 2.34. The Hall–Kier alpha value is -2.80. The summed E-state index contributed by atoms with van der Waals surface area (Å²) in [7, 11) is 0. The largest absolute Gasteiger partial charge is 0.309 e. The van der Waals surface area contributed by atoms with Gasteiger partial charge in [0.2, 0.25) is 0 Å². The number of rotatable bonds is 1. The molecule has 22 heavy (non-hydrogen) atoms. The van der Waals surface area contributed by atoms with Crippen LogP contribution >= 0.6 is 0 Å². The van der Waals surface area contributed by atoms with Gasteiger partial charge in [-0.2, -0.15) is 0 Å². The van der Waals surface area contributed by atoms with Gasteiger partial charge in [0, 0.05) is 16.6 Å². The monoisotopic (exact) mass is 283 g/mol. The lowest BCUT2D eigenvalue weighted by Gasteiger charge is -2.10. The van der Waals surface area contributed by atoms with Crippen molar-refractivity contribution in [2.45, 2.75) is 6.92 Å². The molecular weight excluding hydrogens is 266 g/mol. The van der Waals surface area contributed by atoms with Crippen LogP contribution in [0.15, 0.2) is 78.4 Å². The van der Waals surface area contributed by atoms with Gasteiger partial charge in [-0.05, 0) is 36.8 Å². The van der Waals surface area contributed by atoms with Crippen LogP contribution in [0.1, 0.15) is 18.2 Å². The van der Waals surface area contributed by atoms with E-state index < -0.39 is 0 Å². The first-order valence-electron chi connectivity index (χ1n) is 7.56. The van der Waals surface area contributed by atoms with E-state index in [0.717, 1.165) is 0 Å². The first-order chi connectivity index (χ1) is 10.8. The van der Waals surface area contributed by atoms with Crippen molar-refractivity contribution in [2.75, 3.05) is 0 Å². The lowest BCUT2D eigenvalue weighted by Crippen LogP contribution is -1.97. The van der Waals surface area contributed by atoms with Gasteiger partial charge in [-0.15, -0.1) is 0 Å². The van der Waals surface area contributed by atoms with Crippen molar-refractivity contribution >= 4 is 23.1 Å². The molecule has 0 N–H and O–H groups in total. The van der Waals surface area contributed by atoms with E-state index in [9.17, 15) is 0 Å². The van der Waals surface area contributed by atoms with E-state index in [4.69, 9.17) is 0 Å². The van der Waals surface area contributed by atoms with Crippen molar-refractivity contribution in [2.24, 2.45) is 0 Å². The van der Waals surface area contributed by atoms with Gasteiger partial charge in [0.15, 0.2) is 0 Å². The van der Waals surface area contributed by atoms with Gasteiger partial charge < -0.3 is 4.57 Å². The Morgan fingerprint density at radius 1 is 0.773 bits per heavy atom. The molecule has 0 fully saturated rings. The molecule has 1 heterocycles. The number of allylic oxidation sites excluding steroid dienone is 4. The number of benzene rings is 2. The average molecular weight is 283 g/mol. The second-order valence-electron chi connectivity index (χ2n) is 5.59. The molecule has 1 aromatic heterocycles. The normalized spacial score (nSPS) is 15.0. The Labute approximate surface area is 130 Å². The topological polar surface area (TPSA) is 4.93 Å². The maximum atomic E-state index is 2.34. The second kappa shape index (κ2) is 5.19. The van der Waals surface area contributed by atoms with Gasteiger partial charge in [-0.25, -0.2) is 0 Å². The maximum Gasteiger partial charge on any atom is 0.0543 e. The van der Waals surface area contributed by atoms with Crippen LogP contribution in [0.4, 0.5) is 0 Å². The molecule has 1 heteroatoms. The van der Waals surface area contributed by atoms with Crippen molar-refractivity contribution in [3.63, 3.8) is 0 Å². The van der Waals surface area contributed by atoms with E-state index in [1.807, 2.05) is 0 Å². The summed E-state index contributed by atoms with van der Waals surface area (Å²) in [5.74, 6) is 0. The third-order valence-electron chi connectivity index (χ3n) is 4.06. The predicted molar refractivity (Wildman–Crippen MR) is 95.1 cm³/mol. The van der Waals surface area contributed by atoms with Crippen LogP contribution in [0, 0.1) is 0 Å². The van der Waals surface area contributed by atoms with Crippen molar-refractivity contribution in [3.8, 4) is 5.69 Å². The average Bonchev–Trinajstić information content (AvgIpc) is 2.83. The third kappa shape index (κ3) is 2.03. The zero-order valence-corrected chi connectivity index (χ0v) is 12.5. The van der Waals surface area contributed by atoms with Gasteiger partial charge in [0.25, 0.3) is 0 Å². The Kier molecular flexibility index (Phi) is 3.05. The first-order valence-corrected chi connectivity index (χ1v) is 7.56. The summed E-state index contributed by atoms with van der Waals surface area (Å²) in [4.78, 5) is 0. The molecule has 1 aliphatic rings. The van der Waals surface area contributed by atoms with Crippen molar-refractivity contribution in [1.82, 2.24) is 4.57 Å². The third-order valence-corrected chi connectivity index (χ3v) is 4.06. The Bertz CT molecular complexity index is 921. The zero-order valence-electron chi connectivity index (χ0n) is 12.5. The smallest absolute Gasteiger partial charge is 0.0543 e. The quantitative estimate of drug-likeness (QED) is 0.546. The number of nitrogens with zero attached hydrogens (tertiary/aromatic N) is 1. The molecule has 3 aromatic rings. The van der Waals surface area contributed by atoms with Gasteiger partial charge in [-0.1, -0.05) is 60.7 Å². The van der Waals surface area contributed by atoms with E-state index in [0.29, 0.717) is 0 Å². The van der Waals surface area contributed by atoms with Gasteiger partial charge in [0.05, 0.1) is 11.2 Å². The van der Waals surface area contributed by atoms with Crippen LogP contribution in [0.25, 0.3) is 28.7 Å². The summed E-state index contributed by atoms with van der Waals surface area (Å²) in [6, 6.07) is 19.2. The fourth-order valence-electron chi connectivity index (χ4n) is 3.08. The Morgan fingerprint density at radius 2 is 1.50 bits per heavy atom. The standard InChI is InChI=1S/C21H17N/c1-16-9-5-6-13-19-18-12-7-8-14-20(18)22(21(19)15-16)17-10-3-2-4-11-17/h2-15H,1H3/b6-5?,9-5?,13-6-,16-9?,16-15?,19-13?,21-15?. The minimum absolute atomic E-state index is 1.20. The van der Waals surface area contributed by atoms with Gasteiger partial charge in [0.1, 0.15) is 0 Å². The molecule has 106 valence electrons. The van der Waals surface area contributed by atoms with Crippen LogP contribution in [0.3, 0.4) is 0 Å². The predicted octanol–water partition coefficient (Wildman–Crippen LogP) is 5.62. The van der Waals surface area contributed by atoms with Crippen LogP contribution < -0.4 is 0 Å². The molecule has 0 atom stereocenters. The summed E-state index contributed by atoms with van der Waals surface area (Å²) in [6.07, 6.45) is 10.8. The Morgan fingerprint density at radius 3 is 2.36 bits per heavy atom. The highest BCUT2D eigenvalue weighted by Crippen LogP contribution is 2.32. The van der Waals surface area contributed by atoms with Crippen LogP contribution in [-0.2, 0) is 0 Å². The van der Waals surface area contributed by atoms with E-state index in [1.165, 1.54) is 33.4 Å². The second-order valence-corrected chi connectivity index (χ2v) is 5.59. The lowest BCUT2D eigenvalue weighted by molar-refractivity contribution is 1.10. The van der Waals surface area contributed by atoms with Crippen molar-refractivity contribution in [1.29, 1.82) is 0 Å². The van der Waals surface area contributed by atoms with E-state index in [2.05, 4.69) is 96.5 Å². The molecule has 0 amide bonds. The number of fused-ring (bicyclic) bond motifs is 3. The van der Waals surface area contributed by atoms with Crippen LogP contribution in [0.5, 0.6) is 0 Å². The molecule has 4 rings (SSSR count). The minimum Gasteiger partial charge on any atom is -0.309 e. The molecule has 0 saturated carbocycles. The number of hydrogen-bond acceptors (Lipinski definition) is 0. The number of hydrogen-bond donors (Lipinski definition) is 0. The van der Waals surface area contributed by atoms with E-state index in [-0.39, 0.29) is 0 Å². The highest BCUT2D eigenvalue weighted by Gasteiger charge is 2.15. The molecule has 0 bridgehead atoms. The molecule has 1 nitrogen and oxygen atoms in total. The van der Waals surface area contributed by atoms with Gasteiger partial charge in [-0.3, -0.25) is 0 Å². The first kappa shape index (κ1) is 12.9. The summed E-state index contributed by atoms with van der Waals surface area (Å²) >= 11 is 0. The minimum atomic E-state index is 1.20. The highest BCUT2D eigenvalue weighted by molar-refractivity contribution is 5.96. The summed E-state index contributed by atoms with van der Waals surface area (Å²) in [5, 5.41) is 1.29. The summed E-state index contributed by atoms with van der Waals surface area (Å²) in [6.45, 7) is 2.15. The molecule has 1 aliphatic carbocycles. The molecule has 0 saturated heterocycles. The number of para-hydroxylation sites is 2. The van der Waals surface area contributed by atoms with E-state index >= 15 is 0 Å². The fraction of sp³-hybridized carbons (Fsp3) is 0.0476. The molecule has 0 radical (unpaired) electrons. The SMILES string of the molecule is CC1=Cc2c(c3ccccc3n2-c2ccccc2)/C=C\C=C1. The molecule has 0 spiro atoms. The summed E-state index contributed by atoms with van der Waals surface area (Å²) in [5.41, 5.74) is 6.22. The molecule has 0 unspecified atom stereocenters. The van der Waals surface area contributed by atoms with E-state index in [1.54, 1.807) is 0 Å². The lowest BCUT2D eigenvalue weighted by atomic mass is 10.1. The van der Waals surface area contributed by atoms with Gasteiger partial charge >= 0.3 is 0 Å². The molecule has 2 aromatic carbocycles. The molecule has 0 aliphatic heterocycles. The number of aromatic nitrogens is 1. The van der Waals surface area contributed by atoms with Crippen molar-refractivity contribution in [3.05, 3.63) is 89.7 Å². The fourth-order valence-corrected chi connectivity index (χ4v) is 3.08. The van der Waals surface area contributed by atoms with Crippen LogP contribution in [-0.4, -0.2) is 4.57 Å². The van der Waals surface area contributed by atoms with Crippen LogP contribution in [0.2, 0.25) is 0 Å². The Balaban J connectivity index is 2.15. The maximum absolute atomic E-state index is 2.34. The highest BCUT2D eigenvalue weighted by atomic mass is 15.0. The molecular formula is C21H17N. The zero-order chi connectivity index (χ0) is 14.9. The van der Waals surface area contributed by atoms with Crippen molar-refractivity contribution < 1.29 is 0 Å².